The van der Waals surface area contributed by atoms with Crippen LogP contribution in [0.25, 0.3) is 0 Å². The van der Waals surface area contributed by atoms with Crippen molar-refractivity contribution in [2.24, 2.45) is 0 Å². The Bertz CT molecular complexity index is 864. The average Bonchev–Trinajstić information content (AvgIpc) is 2.62. The van der Waals surface area contributed by atoms with Crippen molar-refractivity contribution >= 4 is 17.7 Å². The predicted molar refractivity (Wildman–Crippen MR) is 100 cm³/mol. The van der Waals surface area contributed by atoms with Gasteiger partial charge in [-0.15, -0.1) is 0 Å². The number of benzene rings is 3. The van der Waals surface area contributed by atoms with Crippen LogP contribution < -0.4 is 4.18 Å². The highest BCUT2D eigenvalue weighted by atomic mass is 32.2. The summed E-state index contributed by atoms with van der Waals surface area (Å²) in [7, 11) is 0. The SMILES string of the molecule is Cc1ccc(SOc2c(Cc3ccccc3)cccc2[N+](=O)[O-])cc1. The number of hydrogen-bond donors (Lipinski definition) is 0. The van der Waals surface area contributed by atoms with E-state index >= 15 is 0 Å². The molecular formula is C20H17NO3S. The molecule has 0 heterocycles. The number of hydrogen-bond acceptors (Lipinski definition) is 4. The van der Waals surface area contributed by atoms with E-state index in [0.29, 0.717) is 12.2 Å². The lowest BCUT2D eigenvalue weighted by Crippen LogP contribution is -1.98. The van der Waals surface area contributed by atoms with E-state index in [-0.39, 0.29) is 5.69 Å². The minimum absolute atomic E-state index is 0.0203. The van der Waals surface area contributed by atoms with Crippen molar-refractivity contribution in [3.8, 4) is 5.75 Å². The lowest BCUT2D eigenvalue weighted by molar-refractivity contribution is -0.385. The highest BCUT2D eigenvalue weighted by Crippen LogP contribution is 2.36. The van der Waals surface area contributed by atoms with Crippen LogP contribution in [-0.4, -0.2) is 4.92 Å². The van der Waals surface area contributed by atoms with Crippen molar-refractivity contribution < 1.29 is 9.11 Å². The third-order valence-corrected chi connectivity index (χ3v) is 4.47. The first-order valence-corrected chi connectivity index (χ1v) is 8.59. The first-order valence-electron chi connectivity index (χ1n) is 7.85. The minimum atomic E-state index is -0.403. The summed E-state index contributed by atoms with van der Waals surface area (Å²) in [5, 5.41) is 11.4. The molecule has 5 heteroatoms. The molecule has 3 rings (SSSR count). The van der Waals surface area contributed by atoms with Gasteiger partial charge in [-0.1, -0.05) is 60.2 Å². The molecule has 0 spiro atoms. The molecule has 0 fully saturated rings. The lowest BCUT2D eigenvalue weighted by Gasteiger charge is -2.11. The van der Waals surface area contributed by atoms with Gasteiger partial charge in [0.05, 0.1) is 17.0 Å². The third-order valence-electron chi connectivity index (χ3n) is 3.75. The summed E-state index contributed by atoms with van der Waals surface area (Å²) in [6.45, 7) is 2.01. The topological polar surface area (TPSA) is 52.4 Å². The molecule has 0 aliphatic carbocycles. The standard InChI is InChI=1S/C20H17NO3S/c1-15-10-12-18(13-11-15)25-24-20-17(8-5-9-19(20)21(22)23)14-16-6-3-2-4-7-16/h2-13H,14H2,1H3. The van der Waals surface area contributed by atoms with Gasteiger partial charge in [-0.05, 0) is 24.6 Å². The Morgan fingerprint density at radius 1 is 0.960 bits per heavy atom. The Balaban J connectivity index is 1.88. The van der Waals surface area contributed by atoms with E-state index in [2.05, 4.69) is 0 Å². The summed E-state index contributed by atoms with van der Waals surface area (Å²) in [5.41, 5.74) is 3.00. The zero-order chi connectivity index (χ0) is 17.6. The van der Waals surface area contributed by atoms with Crippen LogP contribution in [0, 0.1) is 17.0 Å². The van der Waals surface area contributed by atoms with Gasteiger partial charge in [-0.25, -0.2) is 0 Å². The first kappa shape index (κ1) is 17.0. The van der Waals surface area contributed by atoms with Gasteiger partial charge in [-0.2, -0.15) is 0 Å². The summed E-state index contributed by atoms with van der Waals surface area (Å²) < 4.78 is 5.80. The van der Waals surface area contributed by atoms with E-state index in [1.54, 1.807) is 6.07 Å². The zero-order valence-electron chi connectivity index (χ0n) is 13.7. The molecule has 3 aromatic rings. The number of rotatable bonds is 6. The Morgan fingerprint density at radius 3 is 2.36 bits per heavy atom. The van der Waals surface area contributed by atoms with E-state index < -0.39 is 4.92 Å². The van der Waals surface area contributed by atoms with Crippen LogP contribution >= 0.6 is 12.0 Å². The van der Waals surface area contributed by atoms with E-state index in [1.165, 1.54) is 6.07 Å². The van der Waals surface area contributed by atoms with E-state index in [0.717, 1.165) is 33.6 Å². The highest BCUT2D eigenvalue weighted by molar-refractivity contribution is 7.95. The summed E-state index contributed by atoms with van der Waals surface area (Å²) in [6.07, 6.45) is 0.576. The van der Waals surface area contributed by atoms with Crippen LogP contribution in [0.5, 0.6) is 5.75 Å². The number of aryl methyl sites for hydroxylation is 1. The molecular weight excluding hydrogens is 334 g/mol. The molecule has 0 aliphatic heterocycles. The van der Waals surface area contributed by atoms with Gasteiger partial charge in [0.2, 0.25) is 5.75 Å². The van der Waals surface area contributed by atoms with E-state index in [9.17, 15) is 10.1 Å². The zero-order valence-corrected chi connectivity index (χ0v) is 14.5. The molecule has 0 unspecified atom stereocenters. The monoisotopic (exact) mass is 351 g/mol. The summed E-state index contributed by atoms with van der Waals surface area (Å²) in [4.78, 5) is 11.9. The lowest BCUT2D eigenvalue weighted by atomic mass is 10.0. The Kier molecular flexibility index (Phi) is 5.36. The molecule has 0 radical (unpaired) electrons. The number of nitrogens with zero attached hydrogens (tertiary/aromatic N) is 1. The second-order valence-electron chi connectivity index (χ2n) is 5.66. The molecule has 0 N–H and O–H groups in total. The van der Waals surface area contributed by atoms with Crippen molar-refractivity contribution in [2.75, 3.05) is 0 Å². The average molecular weight is 351 g/mol. The van der Waals surface area contributed by atoms with Crippen molar-refractivity contribution in [1.82, 2.24) is 0 Å². The van der Waals surface area contributed by atoms with Crippen LogP contribution in [0.1, 0.15) is 16.7 Å². The van der Waals surface area contributed by atoms with E-state index in [1.807, 2.05) is 67.6 Å². The van der Waals surface area contributed by atoms with Crippen LogP contribution in [0.3, 0.4) is 0 Å². The predicted octanol–water partition coefficient (Wildman–Crippen LogP) is 5.58. The highest BCUT2D eigenvalue weighted by Gasteiger charge is 2.20. The largest absolute Gasteiger partial charge is 0.413 e. The fourth-order valence-corrected chi connectivity index (χ4v) is 3.07. The molecule has 0 aromatic heterocycles. The maximum absolute atomic E-state index is 11.4. The molecule has 0 atom stereocenters. The summed E-state index contributed by atoms with van der Waals surface area (Å²) >= 11 is 1.13. The van der Waals surface area contributed by atoms with Crippen LogP contribution in [0.2, 0.25) is 0 Å². The van der Waals surface area contributed by atoms with Crippen molar-refractivity contribution in [3.63, 3.8) is 0 Å². The summed E-state index contributed by atoms with van der Waals surface area (Å²) in [5.74, 6) is 0.307. The molecule has 4 nitrogen and oxygen atoms in total. The van der Waals surface area contributed by atoms with Crippen molar-refractivity contribution in [1.29, 1.82) is 0 Å². The van der Waals surface area contributed by atoms with Crippen molar-refractivity contribution in [2.45, 2.75) is 18.2 Å². The van der Waals surface area contributed by atoms with Crippen LogP contribution in [0.15, 0.2) is 77.7 Å². The number of nitro groups is 1. The Labute approximate surface area is 150 Å². The Hall–Kier alpha value is -2.79. The first-order chi connectivity index (χ1) is 12.1. The molecule has 0 saturated carbocycles. The molecule has 0 saturated heterocycles. The molecule has 126 valence electrons. The number of nitro benzene ring substituents is 1. The minimum Gasteiger partial charge on any atom is -0.413 e. The maximum Gasteiger partial charge on any atom is 0.312 e. The van der Waals surface area contributed by atoms with Gasteiger partial charge in [0.15, 0.2) is 0 Å². The second kappa shape index (κ2) is 7.85. The molecule has 3 aromatic carbocycles. The fourth-order valence-electron chi connectivity index (χ4n) is 2.45. The normalized spacial score (nSPS) is 10.4. The van der Waals surface area contributed by atoms with E-state index in [4.69, 9.17) is 4.18 Å². The van der Waals surface area contributed by atoms with Gasteiger partial charge in [0, 0.05) is 22.9 Å². The third kappa shape index (κ3) is 4.39. The molecule has 0 amide bonds. The second-order valence-corrected chi connectivity index (χ2v) is 6.47. The van der Waals surface area contributed by atoms with Gasteiger partial charge < -0.3 is 4.18 Å². The molecule has 0 aliphatic rings. The maximum atomic E-state index is 11.4. The molecule has 0 bridgehead atoms. The quantitative estimate of drug-likeness (QED) is 0.330. The number of para-hydroxylation sites is 1. The van der Waals surface area contributed by atoms with Gasteiger partial charge >= 0.3 is 5.69 Å². The van der Waals surface area contributed by atoms with Gasteiger partial charge in [0.25, 0.3) is 0 Å². The Morgan fingerprint density at radius 2 is 1.68 bits per heavy atom. The summed E-state index contributed by atoms with van der Waals surface area (Å²) in [6, 6.07) is 22.7. The van der Waals surface area contributed by atoms with Gasteiger partial charge in [0.1, 0.15) is 0 Å². The molecule has 25 heavy (non-hydrogen) atoms. The van der Waals surface area contributed by atoms with Crippen LogP contribution in [0.4, 0.5) is 5.69 Å². The van der Waals surface area contributed by atoms with Crippen LogP contribution in [-0.2, 0) is 6.42 Å². The fraction of sp³-hybridized carbons (Fsp3) is 0.100. The smallest absolute Gasteiger partial charge is 0.312 e. The van der Waals surface area contributed by atoms with Gasteiger partial charge in [-0.3, -0.25) is 10.1 Å². The van der Waals surface area contributed by atoms with Crippen molar-refractivity contribution in [3.05, 3.63) is 99.6 Å².